The first kappa shape index (κ1) is 13.0. The lowest BCUT2D eigenvalue weighted by Gasteiger charge is -2.27. The average molecular weight is 295 g/mol. The number of benzene rings is 1. The summed E-state index contributed by atoms with van der Waals surface area (Å²) in [5, 5.41) is 0.863. The van der Waals surface area contributed by atoms with Gasteiger partial charge in [-0.2, -0.15) is 0 Å². The van der Waals surface area contributed by atoms with E-state index in [1.165, 1.54) is 12.1 Å². The number of nitrogens with one attached hydrogen (secondary N) is 1. The number of fused-ring (bicyclic) bond motifs is 3. The van der Waals surface area contributed by atoms with Crippen molar-refractivity contribution >= 4 is 16.8 Å². The van der Waals surface area contributed by atoms with Gasteiger partial charge in [-0.1, -0.05) is 0 Å². The average Bonchev–Trinajstić information content (AvgIpc) is 2.92. The molecule has 3 heterocycles. The van der Waals surface area contributed by atoms with Gasteiger partial charge in [0.15, 0.2) is 0 Å². The van der Waals surface area contributed by atoms with Crippen LogP contribution in [0.15, 0.2) is 42.7 Å². The molecule has 1 aliphatic heterocycles. The van der Waals surface area contributed by atoms with Gasteiger partial charge in [0.05, 0.1) is 0 Å². The molecule has 0 aliphatic carbocycles. The molecule has 5 heteroatoms. The van der Waals surface area contributed by atoms with Crippen molar-refractivity contribution in [2.45, 2.75) is 13.0 Å². The zero-order chi connectivity index (χ0) is 15.1. The lowest BCUT2D eigenvalue weighted by Crippen LogP contribution is -2.35. The molecule has 3 aromatic rings. The smallest absolute Gasteiger partial charge is 0.254 e. The number of pyridine rings is 1. The number of rotatable bonds is 1. The van der Waals surface area contributed by atoms with E-state index in [1.807, 2.05) is 0 Å². The fraction of sp³-hybridized carbons (Fsp3) is 0.176. The molecule has 0 fully saturated rings. The highest BCUT2D eigenvalue weighted by molar-refractivity contribution is 5.95. The van der Waals surface area contributed by atoms with E-state index >= 15 is 0 Å². The number of H-pyrrole nitrogens is 1. The second-order valence-corrected chi connectivity index (χ2v) is 5.48. The van der Waals surface area contributed by atoms with E-state index < -0.39 is 0 Å². The Morgan fingerprint density at radius 1 is 1.23 bits per heavy atom. The number of carbonyl (C=O) groups is 1. The number of hydrogen-bond donors (Lipinski definition) is 1. The molecule has 0 bridgehead atoms. The second kappa shape index (κ2) is 4.94. The van der Waals surface area contributed by atoms with Gasteiger partial charge >= 0.3 is 0 Å². The van der Waals surface area contributed by atoms with Gasteiger partial charge in [-0.05, 0) is 30.3 Å². The van der Waals surface area contributed by atoms with Crippen LogP contribution in [-0.4, -0.2) is 27.3 Å². The van der Waals surface area contributed by atoms with E-state index in [9.17, 15) is 9.18 Å². The van der Waals surface area contributed by atoms with Crippen molar-refractivity contribution in [3.63, 3.8) is 0 Å². The minimum absolute atomic E-state index is 0.0150. The second-order valence-electron chi connectivity index (χ2n) is 5.48. The Bertz CT molecular complexity index is 857. The maximum absolute atomic E-state index is 13.5. The van der Waals surface area contributed by atoms with Crippen LogP contribution >= 0.6 is 0 Å². The third-order valence-corrected chi connectivity index (χ3v) is 4.15. The molecule has 1 N–H and O–H groups in total. The van der Waals surface area contributed by atoms with Crippen LogP contribution in [-0.2, 0) is 13.0 Å². The molecule has 22 heavy (non-hydrogen) atoms. The lowest BCUT2D eigenvalue weighted by molar-refractivity contribution is 0.0735. The van der Waals surface area contributed by atoms with Gasteiger partial charge in [-0.3, -0.25) is 9.78 Å². The van der Waals surface area contributed by atoms with Gasteiger partial charge < -0.3 is 9.88 Å². The molecule has 0 saturated carbocycles. The fourth-order valence-electron chi connectivity index (χ4n) is 3.04. The van der Waals surface area contributed by atoms with Crippen LogP contribution < -0.4 is 0 Å². The molecule has 1 aromatic carbocycles. The van der Waals surface area contributed by atoms with Crippen LogP contribution in [0.2, 0.25) is 0 Å². The summed E-state index contributed by atoms with van der Waals surface area (Å²) >= 11 is 0. The Balaban J connectivity index is 1.70. The van der Waals surface area contributed by atoms with Gasteiger partial charge in [-0.15, -0.1) is 0 Å². The van der Waals surface area contributed by atoms with E-state index in [4.69, 9.17) is 0 Å². The summed E-state index contributed by atoms with van der Waals surface area (Å²) in [4.78, 5) is 21.6. The van der Waals surface area contributed by atoms with E-state index in [1.54, 1.807) is 35.5 Å². The van der Waals surface area contributed by atoms with Crippen LogP contribution in [0.5, 0.6) is 0 Å². The van der Waals surface area contributed by atoms with E-state index in [0.29, 0.717) is 18.7 Å². The molecular formula is C17H14FN3O. The number of amides is 1. The molecule has 4 nitrogen and oxygen atoms in total. The highest BCUT2D eigenvalue weighted by Gasteiger charge is 2.24. The van der Waals surface area contributed by atoms with E-state index in [-0.39, 0.29) is 11.7 Å². The number of aromatic nitrogens is 2. The summed E-state index contributed by atoms with van der Waals surface area (Å²) < 4.78 is 13.5. The Hall–Kier alpha value is -2.69. The quantitative estimate of drug-likeness (QED) is 0.750. The van der Waals surface area contributed by atoms with Gasteiger partial charge in [0, 0.05) is 59.6 Å². The topological polar surface area (TPSA) is 49.0 Å². The third-order valence-electron chi connectivity index (χ3n) is 4.15. The van der Waals surface area contributed by atoms with Crippen LogP contribution in [0, 0.1) is 5.82 Å². The van der Waals surface area contributed by atoms with Crippen molar-refractivity contribution in [2.75, 3.05) is 6.54 Å². The molecule has 1 amide bonds. The van der Waals surface area contributed by atoms with Crippen molar-refractivity contribution in [3.8, 4) is 0 Å². The maximum atomic E-state index is 13.5. The van der Waals surface area contributed by atoms with E-state index in [2.05, 4.69) is 9.97 Å². The molecule has 0 spiro atoms. The van der Waals surface area contributed by atoms with Crippen molar-refractivity contribution in [1.29, 1.82) is 0 Å². The normalized spacial score (nSPS) is 14.1. The van der Waals surface area contributed by atoms with Crippen molar-refractivity contribution in [3.05, 3.63) is 65.4 Å². The highest BCUT2D eigenvalue weighted by atomic mass is 19.1. The Labute approximate surface area is 126 Å². The van der Waals surface area contributed by atoms with Crippen LogP contribution in [0.25, 0.3) is 10.9 Å². The number of nitrogens with zero attached hydrogens (tertiary/aromatic N) is 2. The molecule has 2 aromatic heterocycles. The molecule has 1 aliphatic rings. The summed E-state index contributed by atoms with van der Waals surface area (Å²) in [7, 11) is 0. The Morgan fingerprint density at radius 2 is 2.05 bits per heavy atom. The lowest BCUT2D eigenvalue weighted by atomic mass is 10.0. The maximum Gasteiger partial charge on any atom is 0.254 e. The van der Waals surface area contributed by atoms with Gasteiger partial charge in [0.25, 0.3) is 5.91 Å². The van der Waals surface area contributed by atoms with Gasteiger partial charge in [-0.25, -0.2) is 4.39 Å². The molecular weight excluding hydrogens is 281 g/mol. The van der Waals surface area contributed by atoms with Crippen LogP contribution in [0.4, 0.5) is 4.39 Å². The standard InChI is InChI=1S/C17H14FN3O/c18-12-1-2-15-13(9-12)14-10-21(8-5-16(14)20-15)17(22)11-3-6-19-7-4-11/h1-4,6-7,9,20H,5,8,10H2. The first-order valence-corrected chi connectivity index (χ1v) is 7.20. The monoisotopic (exact) mass is 295 g/mol. The molecule has 0 saturated heterocycles. The van der Waals surface area contributed by atoms with E-state index in [0.717, 1.165) is 28.6 Å². The first-order chi connectivity index (χ1) is 10.7. The predicted octanol–water partition coefficient (Wildman–Crippen LogP) is 2.90. The fourth-order valence-corrected chi connectivity index (χ4v) is 3.04. The number of halogens is 1. The summed E-state index contributed by atoms with van der Waals surface area (Å²) in [6.07, 6.45) is 3.98. The Morgan fingerprint density at radius 3 is 2.86 bits per heavy atom. The molecule has 0 radical (unpaired) electrons. The van der Waals surface area contributed by atoms with Crippen molar-refractivity contribution < 1.29 is 9.18 Å². The largest absolute Gasteiger partial charge is 0.358 e. The van der Waals surface area contributed by atoms with Crippen LogP contribution in [0.3, 0.4) is 0 Å². The summed E-state index contributed by atoms with van der Waals surface area (Å²) in [5.41, 5.74) is 3.66. The summed E-state index contributed by atoms with van der Waals surface area (Å²) in [6.45, 7) is 1.16. The van der Waals surface area contributed by atoms with Gasteiger partial charge in [0.2, 0.25) is 0 Å². The zero-order valence-corrected chi connectivity index (χ0v) is 11.8. The van der Waals surface area contributed by atoms with Crippen molar-refractivity contribution in [2.24, 2.45) is 0 Å². The Kier molecular flexibility index (Phi) is 2.92. The number of carbonyl (C=O) groups excluding carboxylic acids is 1. The molecule has 0 unspecified atom stereocenters. The molecule has 110 valence electrons. The van der Waals surface area contributed by atoms with Crippen molar-refractivity contribution in [1.82, 2.24) is 14.9 Å². The first-order valence-electron chi connectivity index (χ1n) is 7.20. The highest BCUT2D eigenvalue weighted by Crippen LogP contribution is 2.28. The minimum atomic E-state index is -0.258. The van der Waals surface area contributed by atoms with Gasteiger partial charge in [0.1, 0.15) is 5.82 Å². The predicted molar refractivity (Wildman–Crippen MR) is 80.9 cm³/mol. The molecule has 0 atom stereocenters. The number of aromatic amines is 1. The summed E-state index contributed by atoms with van der Waals surface area (Å²) in [6, 6.07) is 8.16. The SMILES string of the molecule is O=C(c1ccncc1)N1CCc2[nH]c3ccc(F)cc3c2C1. The molecule has 4 rings (SSSR count). The minimum Gasteiger partial charge on any atom is -0.358 e. The number of hydrogen-bond acceptors (Lipinski definition) is 2. The third kappa shape index (κ3) is 2.06. The summed E-state index contributed by atoms with van der Waals surface area (Å²) in [5.74, 6) is -0.273. The van der Waals surface area contributed by atoms with Crippen LogP contribution in [0.1, 0.15) is 21.6 Å². The zero-order valence-electron chi connectivity index (χ0n) is 11.8.